The minimum Gasteiger partial charge on any atom is -0.462 e. The maximum atomic E-state index is 12.5. The van der Waals surface area contributed by atoms with Crippen LogP contribution in [0.5, 0.6) is 0 Å². The number of fused-ring (bicyclic) bond motifs is 3. The SMILES string of the molecule is CCOC(=O)c1c[nH]c2c(=O)[nH]c3ccc(-c4csc(Nc5c(Cl)cccc5Cl)n4)cc3c12. The van der Waals surface area contributed by atoms with Crippen LogP contribution in [-0.2, 0) is 4.74 Å². The van der Waals surface area contributed by atoms with Crippen molar-refractivity contribution in [1.29, 1.82) is 0 Å². The van der Waals surface area contributed by atoms with Crippen LogP contribution in [-0.4, -0.2) is 27.5 Å². The van der Waals surface area contributed by atoms with Crippen molar-refractivity contribution in [2.24, 2.45) is 0 Å². The smallest absolute Gasteiger partial charge is 0.340 e. The van der Waals surface area contributed by atoms with Crippen molar-refractivity contribution in [2.75, 3.05) is 11.9 Å². The van der Waals surface area contributed by atoms with Crippen molar-refractivity contribution in [3.63, 3.8) is 0 Å². The van der Waals surface area contributed by atoms with Crippen molar-refractivity contribution < 1.29 is 9.53 Å². The molecule has 0 aliphatic rings. The van der Waals surface area contributed by atoms with Crippen molar-refractivity contribution in [2.45, 2.75) is 6.92 Å². The fraction of sp³-hybridized carbons (Fsp3) is 0.0870. The Morgan fingerprint density at radius 2 is 2.00 bits per heavy atom. The first-order valence-electron chi connectivity index (χ1n) is 9.97. The Bertz CT molecular complexity index is 1570. The summed E-state index contributed by atoms with van der Waals surface area (Å²) in [4.78, 5) is 35.4. The van der Waals surface area contributed by atoms with E-state index in [0.29, 0.717) is 48.2 Å². The van der Waals surface area contributed by atoms with Crippen LogP contribution < -0.4 is 10.9 Å². The van der Waals surface area contributed by atoms with E-state index in [2.05, 4.69) is 20.3 Å². The lowest BCUT2D eigenvalue weighted by molar-refractivity contribution is 0.0529. The summed E-state index contributed by atoms with van der Waals surface area (Å²) >= 11 is 13.9. The Labute approximate surface area is 201 Å². The number of rotatable bonds is 5. The van der Waals surface area contributed by atoms with E-state index in [4.69, 9.17) is 27.9 Å². The molecule has 0 radical (unpaired) electrons. The molecule has 33 heavy (non-hydrogen) atoms. The Hall–Kier alpha value is -3.33. The number of esters is 1. The summed E-state index contributed by atoms with van der Waals surface area (Å²) in [5.74, 6) is -0.488. The third kappa shape index (κ3) is 3.86. The number of pyridine rings is 1. The number of carbonyl (C=O) groups is 1. The lowest BCUT2D eigenvalue weighted by atomic mass is 10.0. The summed E-state index contributed by atoms with van der Waals surface area (Å²) in [6.45, 7) is 1.97. The minimum absolute atomic E-state index is 0.238. The van der Waals surface area contributed by atoms with Gasteiger partial charge in [-0.25, -0.2) is 9.78 Å². The van der Waals surface area contributed by atoms with E-state index in [-0.39, 0.29) is 12.2 Å². The number of hydrogen-bond acceptors (Lipinski definition) is 6. The molecule has 3 N–H and O–H groups in total. The number of hydrogen-bond donors (Lipinski definition) is 3. The summed E-state index contributed by atoms with van der Waals surface area (Å²) < 4.78 is 5.17. The zero-order valence-corrected chi connectivity index (χ0v) is 19.5. The van der Waals surface area contributed by atoms with Crippen LogP contribution in [0.25, 0.3) is 33.1 Å². The number of nitrogens with zero attached hydrogens (tertiary/aromatic N) is 1. The summed E-state index contributed by atoms with van der Waals surface area (Å²) in [6.07, 6.45) is 1.50. The van der Waals surface area contributed by atoms with Gasteiger partial charge in [-0.15, -0.1) is 11.3 Å². The molecule has 0 atom stereocenters. The Balaban J connectivity index is 1.59. The van der Waals surface area contributed by atoms with Gasteiger partial charge in [0.25, 0.3) is 5.56 Å². The van der Waals surface area contributed by atoms with Crippen LogP contribution in [0, 0.1) is 0 Å². The van der Waals surface area contributed by atoms with Crippen molar-refractivity contribution >= 4 is 73.1 Å². The minimum atomic E-state index is -0.488. The van der Waals surface area contributed by atoms with Crippen LogP contribution in [0.4, 0.5) is 10.8 Å². The zero-order chi connectivity index (χ0) is 23.1. The van der Waals surface area contributed by atoms with Gasteiger partial charge in [-0.2, -0.15) is 0 Å². The molecule has 0 spiro atoms. The number of anilines is 2. The van der Waals surface area contributed by atoms with E-state index in [1.807, 2.05) is 17.5 Å². The maximum Gasteiger partial charge on any atom is 0.340 e. The Morgan fingerprint density at radius 1 is 1.21 bits per heavy atom. The van der Waals surface area contributed by atoms with E-state index < -0.39 is 5.97 Å². The molecule has 0 unspecified atom stereocenters. The third-order valence-electron chi connectivity index (χ3n) is 5.13. The average Bonchev–Trinajstić information content (AvgIpc) is 3.45. The first-order chi connectivity index (χ1) is 16.0. The highest BCUT2D eigenvalue weighted by Crippen LogP contribution is 2.36. The summed E-state index contributed by atoms with van der Waals surface area (Å²) in [6, 6.07) is 10.8. The predicted octanol–water partition coefficient (Wildman–Crippen LogP) is 6.36. The molecule has 0 saturated heterocycles. The van der Waals surface area contributed by atoms with E-state index in [9.17, 15) is 9.59 Å². The van der Waals surface area contributed by atoms with Gasteiger partial charge in [-0.1, -0.05) is 35.3 Å². The van der Waals surface area contributed by atoms with Crippen LogP contribution in [0.3, 0.4) is 0 Å². The van der Waals surface area contributed by atoms with E-state index in [1.54, 1.807) is 31.2 Å². The lowest BCUT2D eigenvalue weighted by Gasteiger charge is -2.07. The van der Waals surface area contributed by atoms with Crippen molar-refractivity contribution in [3.8, 4) is 11.3 Å². The fourth-order valence-corrected chi connectivity index (χ4v) is 4.86. The van der Waals surface area contributed by atoms with Gasteiger partial charge in [-0.3, -0.25) is 4.79 Å². The standard InChI is InChI=1S/C23H16Cl2N4O3S/c1-2-32-22(31)13-9-26-20-18(13)12-8-11(6-7-16(12)27-21(20)30)17-10-33-23(28-17)29-19-14(24)4-3-5-15(19)25/h3-10,26H,2H2,1H3,(H,27,30)(H,28,29). The van der Waals surface area contributed by atoms with Gasteiger partial charge < -0.3 is 20.0 Å². The zero-order valence-electron chi connectivity index (χ0n) is 17.2. The van der Waals surface area contributed by atoms with Gasteiger partial charge in [0.2, 0.25) is 0 Å². The monoisotopic (exact) mass is 498 g/mol. The molecule has 3 heterocycles. The van der Waals surface area contributed by atoms with E-state index in [0.717, 1.165) is 11.3 Å². The van der Waals surface area contributed by atoms with Crippen LogP contribution in [0.15, 0.2) is 52.8 Å². The number of halogens is 2. The van der Waals surface area contributed by atoms with Gasteiger partial charge in [0, 0.05) is 33.4 Å². The van der Waals surface area contributed by atoms with Gasteiger partial charge in [0.15, 0.2) is 5.13 Å². The summed E-state index contributed by atoms with van der Waals surface area (Å²) in [5, 5.41) is 7.92. The van der Waals surface area contributed by atoms with Gasteiger partial charge in [0.1, 0.15) is 5.52 Å². The lowest BCUT2D eigenvalue weighted by Crippen LogP contribution is -2.08. The normalized spacial score (nSPS) is 11.2. The highest BCUT2D eigenvalue weighted by Gasteiger charge is 2.19. The second-order valence-corrected chi connectivity index (χ2v) is 8.82. The summed E-state index contributed by atoms with van der Waals surface area (Å²) in [7, 11) is 0. The topological polar surface area (TPSA) is 99.9 Å². The molecule has 2 aromatic carbocycles. The van der Waals surface area contributed by atoms with Gasteiger partial charge >= 0.3 is 5.97 Å². The molecule has 5 aromatic rings. The molecule has 0 bridgehead atoms. The molecule has 0 amide bonds. The highest BCUT2D eigenvalue weighted by atomic mass is 35.5. The second kappa shape index (κ2) is 8.55. The number of nitrogens with one attached hydrogen (secondary N) is 3. The van der Waals surface area contributed by atoms with E-state index in [1.165, 1.54) is 17.5 Å². The first-order valence-corrected chi connectivity index (χ1v) is 11.6. The molecular formula is C23H16Cl2N4O3S. The van der Waals surface area contributed by atoms with Crippen molar-refractivity contribution in [3.05, 3.63) is 73.9 Å². The molecule has 0 fully saturated rings. The van der Waals surface area contributed by atoms with Gasteiger partial charge in [0.05, 0.1) is 33.6 Å². The van der Waals surface area contributed by atoms with Crippen molar-refractivity contribution in [1.82, 2.24) is 15.0 Å². The average molecular weight is 499 g/mol. The molecule has 5 rings (SSSR count). The maximum absolute atomic E-state index is 12.5. The molecule has 7 nitrogen and oxygen atoms in total. The molecular weight excluding hydrogens is 483 g/mol. The molecule has 0 aliphatic heterocycles. The summed E-state index contributed by atoms with van der Waals surface area (Å²) in [5.41, 5.74) is 3.06. The number of thiazole rings is 1. The second-order valence-electron chi connectivity index (χ2n) is 7.15. The van der Waals surface area contributed by atoms with Crippen LogP contribution in [0.1, 0.15) is 17.3 Å². The Morgan fingerprint density at radius 3 is 2.76 bits per heavy atom. The third-order valence-corrected chi connectivity index (χ3v) is 6.52. The number of para-hydroxylation sites is 1. The molecule has 166 valence electrons. The number of aromatic amines is 2. The number of aromatic nitrogens is 3. The molecule has 0 saturated carbocycles. The number of benzene rings is 2. The molecule has 0 aliphatic carbocycles. The van der Waals surface area contributed by atoms with Crippen LogP contribution in [0.2, 0.25) is 10.0 Å². The van der Waals surface area contributed by atoms with Crippen LogP contribution >= 0.6 is 34.5 Å². The van der Waals surface area contributed by atoms with E-state index >= 15 is 0 Å². The number of ether oxygens (including phenoxy) is 1. The molecule has 10 heteroatoms. The number of carbonyl (C=O) groups excluding carboxylic acids is 1. The Kier molecular flexibility index (Phi) is 5.57. The van der Waals surface area contributed by atoms with Gasteiger partial charge in [-0.05, 0) is 31.2 Å². The quantitative estimate of drug-likeness (QED) is 0.245. The molecule has 3 aromatic heterocycles. The highest BCUT2D eigenvalue weighted by molar-refractivity contribution is 7.14. The first kappa shape index (κ1) is 21.5. The predicted molar refractivity (Wildman–Crippen MR) is 133 cm³/mol. The fourth-order valence-electron chi connectivity index (χ4n) is 3.64. The number of H-pyrrole nitrogens is 2. The largest absolute Gasteiger partial charge is 0.462 e.